The minimum atomic E-state index is -3.39. The number of rotatable bonds is 5. The van der Waals surface area contributed by atoms with Gasteiger partial charge in [0.05, 0.1) is 16.6 Å². The predicted octanol–water partition coefficient (Wildman–Crippen LogP) is 2.94. The highest BCUT2D eigenvalue weighted by atomic mass is 32.2. The third kappa shape index (κ3) is 3.52. The van der Waals surface area contributed by atoms with Crippen molar-refractivity contribution in [2.45, 2.75) is 43.5 Å². The normalized spacial score (nSPS) is 24.2. The molecule has 1 aromatic rings. The van der Waals surface area contributed by atoms with Crippen molar-refractivity contribution in [1.29, 1.82) is 0 Å². The van der Waals surface area contributed by atoms with E-state index in [1.807, 2.05) is 0 Å². The molecule has 0 saturated carbocycles. The Hall–Kier alpha value is -1.21. The van der Waals surface area contributed by atoms with Crippen LogP contribution in [0.4, 0.5) is 8.78 Å². The monoisotopic (exact) mass is 320 g/mol. The molecule has 0 N–H and O–H groups in total. The molecule has 0 radical (unpaired) electrons. The maximum Gasteiger partial charge on any atom is 0.387 e. The number of ether oxygens (including phenoxy) is 2. The van der Waals surface area contributed by atoms with Crippen molar-refractivity contribution in [2.24, 2.45) is 0 Å². The zero-order valence-corrected chi connectivity index (χ0v) is 12.6. The Balaban J connectivity index is 2.17. The first kappa shape index (κ1) is 16.2. The minimum Gasteiger partial charge on any atom is -0.435 e. The summed E-state index contributed by atoms with van der Waals surface area (Å²) in [6.07, 6.45) is 0.166. The van der Waals surface area contributed by atoms with Gasteiger partial charge in [0.15, 0.2) is 9.84 Å². The first-order valence-electron chi connectivity index (χ1n) is 6.71. The number of sulfone groups is 1. The first-order chi connectivity index (χ1) is 9.82. The lowest BCUT2D eigenvalue weighted by atomic mass is 10.1. The third-order valence-electron chi connectivity index (χ3n) is 3.80. The van der Waals surface area contributed by atoms with Crippen molar-refractivity contribution in [3.63, 3.8) is 0 Å². The summed E-state index contributed by atoms with van der Waals surface area (Å²) in [5.41, 5.74) is 0.552. The number of hydrogen-bond acceptors (Lipinski definition) is 4. The summed E-state index contributed by atoms with van der Waals surface area (Å²) in [6.45, 7) is 0.901. The van der Waals surface area contributed by atoms with Gasteiger partial charge in [-0.25, -0.2) is 8.42 Å². The summed E-state index contributed by atoms with van der Waals surface area (Å²) in [6, 6.07) is 5.70. The summed E-state index contributed by atoms with van der Waals surface area (Å²) in [7, 11) is -3.39. The van der Waals surface area contributed by atoms with Crippen LogP contribution in [0.15, 0.2) is 24.3 Å². The van der Waals surface area contributed by atoms with Crippen LogP contribution in [0, 0.1) is 0 Å². The predicted molar refractivity (Wildman–Crippen MR) is 74.2 cm³/mol. The van der Waals surface area contributed by atoms with Crippen LogP contribution in [0.2, 0.25) is 0 Å². The Morgan fingerprint density at radius 1 is 1.29 bits per heavy atom. The van der Waals surface area contributed by atoms with Gasteiger partial charge < -0.3 is 9.47 Å². The van der Waals surface area contributed by atoms with E-state index in [1.165, 1.54) is 24.3 Å². The smallest absolute Gasteiger partial charge is 0.387 e. The molecule has 0 spiro atoms. The SMILES string of the molecule is C[C@@H]1OCC[C@@H]1S(=O)(=O)[C@H](C)c1ccc(OC(F)F)cc1. The quantitative estimate of drug-likeness (QED) is 0.837. The van der Waals surface area contributed by atoms with Crippen LogP contribution < -0.4 is 4.74 Å². The Labute approximate surface area is 123 Å². The van der Waals surface area contributed by atoms with Gasteiger partial charge in [0.2, 0.25) is 0 Å². The van der Waals surface area contributed by atoms with Gasteiger partial charge in [0.1, 0.15) is 5.75 Å². The second-order valence-electron chi connectivity index (χ2n) is 5.08. The minimum absolute atomic E-state index is 0.0101. The molecule has 1 aliphatic rings. The van der Waals surface area contributed by atoms with E-state index in [0.29, 0.717) is 18.6 Å². The lowest BCUT2D eigenvalue weighted by Gasteiger charge is -2.21. The Morgan fingerprint density at radius 3 is 2.38 bits per heavy atom. The average molecular weight is 320 g/mol. The van der Waals surface area contributed by atoms with Gasteiger partial charge in [-0.15, -0.1) is 0 Å². The lowest BCUT2D eigenvalue weighted by molar-refractivity contribution is -0.0498. The van der Waals surface area contributed by atoms with Gasteiger partial charge >= 0.3 is 6.61 Å². The van der Waals surface area contributed by atoms with Gasteiger partial charge in [0, 0.05) is 6.61 Å². The van der Waals surface area contributed by atoms with E-state index in [2.05, 4.69) is 4.74 Å². The van der Waals surface area contributed by atoms with Crippen LogP contribution in [0.3, 0.4) is 0 Å². The highest BCUT2D eigenvalue weighted by Gasteiger charge is 2.39. The molecule has 0 bridgehead atoms. The molecule has 1 aliphatic heterocycles. The maximum absolute atomic E-state index is 12.6. The average Bonchev–Trinajstić information content (AvgIpc) is 2.85. The molecule has 7 heteroatoms. The van der Waals surface area contributed by atoms with Gasteiger partial charge in [-0.05, 0) is 38.0 Å². The fourth-order valence-corrected chi connectivity index (χ4v) is 4.61. The van der Waals surface area contributed by atoms with Crippen LogP contribution in [0.5, 0.6) is 5.75 Å². The Kier molecular flexibility index (Phi) is 4.83. The number of hydrogen-bond donors (Lipinski definition) is 0. The molecule has 1 fully saturated rings. The van der Waals surface area contributed by atoms with E-state index >= 15 is 0 Å². The Morgan fingerprint density at radius 2 is 1.90 bits per heavy atom. The van der Waals surface area contributed by atoms with Crippen LogP contribution in [0.25, 0.3) is 0 Å². The van der Waals surface area contributed by atoms with Crippen LogP contribution in [0.1, 0.15) is 31.1 Å². The summed E-state index contributed by atoms with van der Waals surface area (Å²) in [4.78, 5) is 0. The Bertz CT molecular complexity index is 571. The number of benzene rings is 1. The van der Waals surface area contributed by atoms with E-state index in [9.17, 15) is 17.2 Å². The van der Waals surface area contributed by atoms with Crippen molar-refractivity contribution < 1.29 is 26.7 Å². The van der Waals surface area contributed by atoms with E-state index in [0.717, 1.165) is 0 Å². The molecule has 1 heterocycles. The maximum atomic E-state index is 12.6. The van der Waals surface area contributed by atoms with Gasteiger partial charge in [-0.1, -0.05) is 12.1 Å². The van der Waals surface area contributed by atoms with E-state index < -0.39 is 26.9 Å². The van der Waals surface area contributed by atoms with E-state index in [-0.39, 0.29) is 11.9 Å². The molecule has 21 heavy (non-hydrogen) atoms. The molecular weight excluding hydrogens is 302 g/mol. The molecule has 3 atom stereocenters. The van der Waals surface area contributed by atoms with E-state index in [1.54, 1.807) is 13.8 Å². The second-order valence-corrected chi connectivity index (χ2v) is 7.57. The largest absolute Gasteiger partial charge is 0.435 e. The zero-order chi connectivity index (χ0) is 15.6. The molecule has 1 saturated heterocycles. The fourth-order valence-electron chi connectivity index (χ4n) is 2.52. The third-order valence-corrected chi connectivity index (χ3v) is 6.52. The van der Waals surface area contributed by atoms with E-state index in [4.69, 9.17) is 4.74 Å². The molecule has 0 unspecified atom stereocenters. The molecule has 118 valence electrons. The van der Waals surface area contributed by atoms with Crippen molar-refractivity contribution in [2.75, 3.05) is 6.61 Å². The second kappa shape index (κ2) is 6.27. The lowest BCUT2D eigenvalue weighted by Crippen LogP contribution is -2.31. The molecular formula is C14H18F2O4S. The molecule has 0 amide bonds. The molecule has 0 aliphatic carbocycles. The van der Waals surface area contributed by atoms with Crippen LogP contribution >= 0.6 is 0 Å². The highest BCUT2D eigenvalue weighted by Crippen LogP contribution is 2.32. The topological polar surface area (TPSA) is 52.6 Å². The van der Waals surface area contributed by atoms with Crippen molar-refractivity contribution in [3.8, 4) is 5.75 Å². The van der Waals surface area contributed by atoms with Crippen molar-refractivity contribution in [3.05, 3.63) is 29.8 Å². The summed E-state index contributed by atoms with van der Waals surface area (Å²) in [5, 5.41) is -1.24. The summed E-state index contributed by atoms with van der Waals surface area (Å²) >= 11 is 0. The highest BCUT2D eigenvalue weighted by molar-refractivity contribution is 7.92. The standard InChI is InChI=1S/C14H18F2O4S/c1-9-13(7-8-19-9)21(17,18)10(2)11-3-5-12(6-4-11)20-14(15)16/h3-6,9-10,13-14H,7-8H2,1-2H3/t9-,10+,13-/m0/s1. The molecule has 0 aromatic heterocycles. The van der Waals surface area contributed by atoms with Gasteiger partial charge in [0.25, 0.3) is 0 Å². The summed E-state index contributed by atoms with van der Waals surface area (Å²) in [5.74, 6) is 0.0101. The zero-order valence-electron chi connectivity index (χ0n) is 11.8. The van der Waals surface area contributed by atoms with Crippen LogP contribution in [-0.2, 0) is 14.6 Å². The number of halogens is 2. The molecule has 4 nitrogen and oxygen atoms in total. The summed E-state index contributed by atoms with van der Waals surface area (Å²) < 4.78 is 58.9. The fraction of sp³-hybridized carbons (Fsp3) is 0.571. The molecule has 2 rings (SSSR count). The van der Waals surface area contributed by atoms with Gasteiger partial charge in [-0.2, -0.15) is 8.78 Å². The van der Waals surface area contributed by atoms with Gasteiger partial charge in [-0.3, -0.25) is 0 Å². The van der Waals surface area contributed by atoms with Crippen LogP contribution in [-0.4, -0.2) is 33.0 Å². The first-order valence-corrected chi connectivity index (χ1v) is 8.32. The number of alkyl halides is 2. The molecule has 1 aromatic carbocycles. The van der Waals surface area contributed by atoms with Crippen molar-refractivity contribution >= 4 is 9.84 Å². The van der Waals surface area contributed by atoms with Crippen molar-refractivity contribution in [1.82, 2.24) is 0 Å².